The average Bonchev–Trinajstić information content (AvgIpc) is 2.80. The fourth-order valence-electron chi connectivity index (χ4n) is 5.91. The average molecular weight is 498 g/mol. The van der Waals surface area contributed by atoms with E-state index in [1.54, 1.807) is 13.0 Å². The molecule has 1 fully saturated rings. The molecular formula is C25H26N2O9. The van der Waals surface area contributed by atoms with Gasteiger partial charge in [-0.3, -0.25) is 24.1 Å². The summed E-state index contributed by atoms with van der Waals surface area (Å²) in [5.41, 5.74) is 1.27. The molecule has 6 atom stereocenters. The highest BCUT2D eigenvalue weighted by Gasteiger charge is 2.68. The van der Waals surface area contributed by atoms with E-state index in [1.807, 2.05) is 0 Å². The van der Waals surface area contributed by atoms with E-state index in [2.05, 4.69) is 0 Å². The molecule has 7 N–H and O–H groups in total. The third-order valence-electron chi connectivity index (χ3n) is 7.52. The molecule has 1 amide bonds. The van der Waals surface area contributed by atoms with Crippen LogP contribution < -0.4 is 5.73 Å². The number of carbonyl (C=O) groups excluding carboxylic acids is 4. The molecule has 0 aliphatic heterocycles. The van der Waals surface area contributed by atoms with E-state index in [0.717, 1.165) is 6.08 Å². The number of fused-ring (bicyclic) bond motifs is 3. The molecule has 3 aliphatic rings. The number of carbonyl (C=O) groups is 4. The van der Waals surface area contributed by atoms with Gasteiger partial charge in [0.25, 0.3) is 5.91 Å². The van der Waals surface area contributed by atoms with Crippen molar-refractivity contribution in [2.45, 2.75) is 30.6 Å². The SMILES string of the molecule is CC1c2ccc(C=CC=O)c(O)c2C(O)=C2C(=O)[C@]3(O)C(O)=C(C(N)=O)C(=O)[C@@H](N(C)C)C3C(O)C21. The van der Waals surface area contributed by atoms with Crippen molar-refractivity contribution in [1.82, 2.24) is 4.90 Å². The standard InChI is InChI=1S/C25H26N2O9/c1-9-11-7-6-10(5-4-8-28)18(29)13(11)19(30)14-12(9)20(31)16-17(27(2)3)21(32)15(24(26)35)23(34)25(16,36)22(14)33/h4-9,12,16-17,20,29-31,34,36H,1-3H3,(H2,26,35)/t9?,12?,16?,17-,20?,25-/m0/s1. The predicted molar refractivity (Wildman–Crippen MR) is 125 cm³/mol. The molecule has 0 heterocycles. The second-order valence-electron chi connectivity index (χ2n) is 9.51. The highest BCUT2D eigenvalue weighted by molar-refractivity contribution is 6.24. The van der Waals surface area contributed by atoms with Crippen molar-refractivity contribution in [3.63, 3.8) is 0 Å². The van der Waals surface area contributed by atoms with Crippen molar-refractivity contribution >= 4 is 35.6 Å². The summed E-state index contributed by atoms with van der Waals surface area (Å²) in [6.45, 7) is 1.64. The molecule has 0 bridgehead atoms. The number of Topliss-reactive ketones (excluding diaryl/α,β-unsaturated/α-hetero) is 2. The number of hydrogen-bond donors (Lipinski definition) is 6. The van der Waals surface area contributed by atoms with Gasteiger partial charge in [-0.05, 0) is 37.7 Å². The van der Waals surface area contributed by atoms with E-state index >= 15 is 0 Å². The first kappa shape index (κ1) is 25.3. The van der Waals surface area contributed by atoms with Crippen LogP contribution >= 0.6 is 0 Å². The van der Waals surface area contributed by atoms with Crippen LogP contribution in [0.2, 0.25) is 0 Å². The maximum atomic E-state index is 13.9. The number of allylic oxidation sites excluding steroid dienone is 1. The van der Waals surface area contributed by atoms with E-state index in [9.17, 15) is 44.7 Å². The van der Waals surface area contributed by atoms with Gasteiger partial charge in [0.2, 0.25) is 5.78 Å². The fraction of sp³-hybridized carbons (Fsp3) is 0.360. The van der Waals surface area contributed by atoms with E-state index in [4.69, 9.17) is 5.73 Å². The Morgan fingerprint density at radius 3 is 2.36 bits per heavy atom. The lowest BCUT2D eigenvalue weighted by Gasteiger charge is -2.53. The van der Waals surface area contributed by atoms with Crippen LogP contribution in [0.5, 0.6) is 5.75 Å². The summed E-state index contributed by atoms with van der Waals surface area (Å²) >= 11 is 0. The van der Waals surface area contributed by atoms with Gasteiger partial charge in [-0.25, -0.2) is 0 Å². The zero-order chi connectivity index (χ0) is 26.9. The van der Waals surface area contributed by atoms with Crippen molar-refractivity contribution in [1.29, 1.82) is 0 Å². The number of phenols is 1. The van der Waals surface area contributed by atoms with E-state index < -0.39 is 81.4 Å². The number of primary amides is 1. The third-order valence-corrected chi connectivity index (χ3v) is 7.52. The van der Waals surface area contributed by atoms with Crippen LogP contribution in [0.15, 0.2) is 35.1 Å². The molecule has 1 aromatic rings. The highest BCUT2D eigenvalue weighted by atomic mass is 16.4. The van der Waals surface area contributed by atoms with Gasteiger partial charge in [-0.1, -0.05) is 19.1 Å². The van der Waals surface area contributed by atoms with Gasteiger partial charge in [0, 0.05) is 17.1 Å². The van der Waals surface area contributed by atoms with Gasteiger partial charge in [0.1, 0.15) is 29.1 Å². The van der Waals surface area contributed by atoms with Crippen LogP contribution in [0, 0.1) is 11.8 Å². The number of phenolic OH excluding ortho intramolecular Hbond substituents is 1. The van der Waals surface area contributed by atoms with E-state index in [-0.39, 0.29) is 11.1 Å². The quantitative estimate of drug-likeness (QED) is 0.182. The number of rotatable bonds is 4. The first-order chi connectivity index (χ1) is 16.8. The van der Waals surface area contributed by atoms with Crippen molar-refractivity contribution in [3.05, 3.63) is 51.8 Å². The molecular weight excluding hydrogens is 472 g/mol. The lowest BCUT2D eigenvalue weighted by molar-refractivity contribution is -0.169. The number of aromatic hydroxyl groups is 1. The molecule has 0 radical (unpaired) electrons. The number of ketones is 2. The van der Waals surface area contributed by atoms with Gasteiger partial charge >= 0.3 is 0 Å². The first-order valence-electron chi connectivity index (χ1n) is 11.1. The number of nitrogens with two attached hydrogens (primary N) is 1. The van der Waals surface area contributed by atoms with E-state index in [0.29, 0.717) is 11.8 Å². The van der Waals surface area contributed by atoms with Crippen LogP contribution in [-0.2, 0) is 19.2 Å². The fourth-order valence-corrected chi connectivity index (χ4v) is 5.91. The maximum Gasteiger partial charge on any atom is 0.255 e. The summed E-state index contributed by atoms with van der Waals surface area (Å²) in [6.07, 6.45) is 1.25. The second-order valence-corrected chi connectivity index (χ2v) is 9.51. The summed E-state index contributed by atoms with van der Waals surface area (Å²) in [7, 11) is 2.88. The number of hydrogen-bond acceptors (Lipinski definition) is 10. The van der Waals surface area contributed by atoms with Gasteiger partial charge in [-0.15, -0.1) is 0 Å². The Hall–Kier alpha value is -3.80. The number of aliphatic hydroxyl groups is 4. The molecule has 11 heteroatoms. The minimum atomic E-state index is -2.96. The Balaban J connectivity index is 2.04. The summed E-state index contributed by atoms with van der Waals surface area (Å²) in [6, 6.07) is 1.65. The first-order valence-corrected chi connectivity index (χ1v) is 11.1. The molecule has 36 heavy (non-hydrogen) atoms. The molecule has 0 saturated heterocycles. The zero-order valence-corrected chi connectivity index (χ0v) is 19.7. The number of nitrogens with zero attached hydrogens (tertiary/aromatic N) is 1. The Morgan fingerprint density at radius 2 is 1.81 bits per heavy atom. The lowest BCUT2D eigenvalue weighted by atomic mass is 9.54. The minimum absolute atomic E-state index is 0.140. The Labute approximate surface area is 205 Å². The number of benzene rings is 1. The molecule has 4 unspecified atom stereocenters. The third kappa shape index (κ3) is 3.10. The van der Waals surface area contributed by atoms with Gasteiger partial charge < -0.3 is 31.3 Å². The lowest BCUT2D eigenvalue weighted by Crippen LogP contribution is -2.70. The summed E-state index contributed by atoms with van der Waals surface area (Å²) in [4.78, 5) is 51.0. The zero-order valence-electron chi connectivity index (χ0n) is 19.7. The largest absolute Gasteiger partial charge is 0.508 e. The molecule has 3 aliphatic carbocycles. The molecule has 0 aromatic heterocycles. The van der Waals surface area contributed by atoms with Gasteiger partial charge in [-0.2, -0.15) is 0 Å². The second kappa shape index (κ2) is 8.40. The molecule has 1 saturated carbocycles. The van der Waals surface area contributed by atoms with Crippen LogP contribution in [0.25, 0.3) is 11.8 Å². The number of aliphatic hydroxyl groups excluding tert-OH is 3. The van der Waals surface area contributed by atoms with Crippen molar-refractivity contribution in [3.8, 4) is 5.75 Å². The van der Waals surface area contributed by atoms with Crippen molar-refractivity contribution in [2.24, 2.45) is 17.6 Å². The Kier molecular flexibility index (Phi) is 5.90. The maximum absolute atomic E-state index is 13.9. The monoisotopic (exact) mass is 498 g/mol. The Bertz CT molecular complexity index is 1310. The molecule has 190 valence electrons. The summed E-state index contributed by atoms with van der Waals surface area (Å²) in [5, 5.41) is 56.0. The Morgan fingerprint density at radius 1 is 1.17 bits per heavy atom. The number of aldehydes is 1. The van der Waals surface area contributed by atoms with Crippen molar-refractivity contribution in [2.75, 3.05) is 14.1 Å². The van der Waals surface area contributed by atoms with E-state index in [1.165, 1.54) is 31.1 Å². The number of amides is 1. The predicted octanol–water partition coefficient (Wildman–Crippen LogP) is -0.292. The molecule has 1 aromatic carbocycles. The highest BCUT2D eigenvalue weighted by Crippen LogP contribution is 2.56. The molecule has 4 rings (SSSR count). The topological polar surface area (TPSA) is 199 Å². The smallest absolute Gasteiger partial charge is 0.255 e. The normalized spacial score (nSPS) is 32.0. The van der Waals surface area contributed by atoms with Crippen LogP contribution in [0.3, 0.4) is 0 Å². The van der Waals surface area contributed by atoms with Crippen LogP contribution in [0.4, 0.5) is 0 Å². The van der Waals surface area contributed by atoms with Gasteiger partial charge in [0.15, 0.2) is 11.4 Å². The summed E-state index contributed by atoms with van der Waals surface area (Å²) < 4.78 is 0. The molecule has 0 spiro atoms. The summed E-state index contributed by atoms with van der Waals surface area (Å²) in [5.74, 6) is -9.49. The van der Waals surface area contributed by atoms with Crippen LogP contribution in [-0.4, -0.2) is 86.0 Å². The van der Waals surface area contributed by atoms with Gasteiger partial charge in [0.05, 0.1) is 23.6 Å². The molecule has 11 nitrogen and oxygen atoms in total. The van der Waals surface area contributed by atoms with Crippen LogP contribution in [0.1, 0.15) is 29.5 Å². The minimum Gasteiger partial charge on any atom is -0.508 e. The number of likely N-dealkylation sites (N-methyl/N-ethyl adjacent to an activating group) is 1. The van der Waals surface area contributed by atoms with Crippen molar-refractivity contribution < 1.29 is 44.7 Å².